The van der Waals surface area contributed by atoms with Crippen molar-refractivity contribution in [2.75, 3.05) is 25.2 Å². The fraction of sp³-hybridized carbons (Fsp3) is 0.333. The number of dihydropyridines is 1. The molecule has 2 atom stereocenters. The zero-order valence-corrected chi connectivity index (χ0v) is 13.0. The van der Waals surface area contributed by atoms with Crippen molar-refractivity contribution in [2.24, 2.45) is 5.92 Å². The summed E-state index contributed by atoms with van der Waals surface area (Å²) in [6, 6.07) is 10.3. The first-order chi connectivity index (χ1) is 10.8. The van der Waals surface area contributed by atoms with E-state index in [0.717, 1.165) is 11.4 Å². The Bertz CT molecular complexity index is 592. The van der Waals surface area contributed by atoms with E-state index >= 15 is 0 Å². The zero-order chi connectivity index (χ0) is 15.4. The van der Waals surface area contributed by atoms with E-state index in [1.165, 1.54) is 5.57 Å². The number of benzene rings is 1. The summed E-state index contributed by atoms with van der Waals surface area (Å²) >= 11 is 0. The SMILES string of the molecule is COCCOC1=CN(c2ccccc2)C2NC=CC=C2C1C. The fourth-order valence-electron chi connectivity index (χ4n) is 2.83. The van der Waals surface area contributed by atoms with Gasteiger partial charge in [-0.1, -0.05) is 31.2 Å². The highest BCUT2D eigenvalue weighted by atomic mass is 16.5. The van der Waals surface area contributed by atoms with E-state index < -0.39 is 0 Å². The van der Waals surface area contributed by atoms with Crippen LogP contribution in [0.25, 0.3) is 0 Å². The van der Waals surface area contributed by atoms with Crippen LogP contribution in [-0.2, 0) is 9.47 Å². The maximum absolute atomic E-state index is 5.94. The number of hydrogen-bond acceptors (Lipinski definition) is 4. The van der Waals surface area contributed by atoms with Crippen molar-refractivity contribution in [1.29, 1.82) is 0 Å². The van der Waals surface area contributed by atoms with Crippen molar-refractivity contribution in [3.63, 3.8) is 0 Å². The molecule has 0 saturated heterocycles. The van der Waals surface area contributed by atoms with Crippen molar-refractivity contribution >= 4 is 5.69 Å². The number of anilines is 1. The number of ether oxygens (including phenoxy) is 2. The van der Waals surface area contributed by atoms with Crippen LogP contribution in [0.4, 0.5) is 5.69 Å². The minimum absolute atomic E-state index is 0.136. The Morgan fingerprint density at radius 3 is 2.77 bits per heavy atom. The van der Waals surface area contributed by atoms with Gasteiger partial charge in [0.2, 0.25) is 0 Å². The van der Waals surface area contributed by atoms with Crippen LogP contribution in [0.5, 0.6) is 0 Å². The number of fused-ring (bicyclic) bond motifs is 1. The summed E-state index contributed by atoms with van der Waals surface area (Å²) < 4.78 is 11.0. The first-order valence-electron chi connectivity index (χ1n) is 7.61. The second-order valence-corrected chi connectivity index (χ2v) is 5.43. The molecule has 0 spiro atoms. The third-order valence-corrected chi connectivity index (χ3v) is 4.04. The van der Waals surface area contributed by atoms with Gasteiger partial charge in [0.05, 0.1) is 6.61 Å². The molecule has 0 fully saturated rings. The molecule has 0 aromatic heterocycles. The maximum atomic E-state index is 5.94. The minimum atomic E-state index is 0.136. The summed E-state index contributed by atoms with van der Waals surface area (Å²) in [7, 11) is 1.69. The zero-order valence-electron chi connectivity index (χ0n) is 13.0. The molecule has 0 amide bonds. The Kier molecular flexibility index (Phi) is 4.49. The third kappa shape index (κ3) is 2.88. The largest absolute Gasteiger partial charge is 0.493 e. The summed E-state index contributed by atoms with van der Waals surface area (Å²) in [6.07, 6.45) is 8.45. The number of allylic oxidation sites excluding steroid dienone is 3. The second kappa shape index (κ2) is 6.71. The highest BCUT2D eigenvalue weighted by Crippen LogP contribution is 2.35. The molecule has 2 aliphatic rings. The van der Waals surface area contributed by atoms with Crippen molar-refractivity contribution in [1.82, 2.24) is 5.32 Å². The molecule has 3 rings (SSSR count). The molecule has 1 aromatic carbocycles. The van der Waals surface area contributed by atoms with Gasteiger partial charge in [-0.15, -0.1) is 0 Å². The van der Waals surface area contributed by atoms with E-state index in [0.29, 0.717) is 13.2 Å². The van der Waals surface area contributed by atoms with Crippen molar-refractivity contribution in [2.45, 2.75) is 13.1 Å². The topological polar surface area (TPSA) is 33.7 Å². The molecule has 1 aromatic rings. The van der Waals surface area contributed by atoms with Crippen molar-refractivity contribution in [3.05, 3.63) is 66.2 Å². The Hall–Kier alpha value is -2.20. The molecule has 22 heavy (non-hydrogen) atoms. The molecule has 0 radical (unpaired) electrons. The highest BCUT2D eigenvalue weighted by molar-refractivity contribution is 5.56. The summed E-state index contributed by atoms with van der Waals surface area (Å²) in [5, 5.41) is 3.44. The molecule has 0 aliphatic carbocycles. The summed E-state index contributed by atoms with van der Waals surface area (Å²) in [4.78, 5) is 2.22. The van der Waals surface area contributed by atoms with Crippen LogP contribution in [0, 0.1) is 5.92 Å². The number of methoxy groups -OCH3 is 1. The molecule has 1 N–H and O–H groups in total. The fourth-order valence-corrected chi connectivity index (χ4v) is 2.83. The van der Waals surface area contributed by atoms with Crippen LogP contribution in [0.2, 0.25) is 0 Å². The van der Waals surface area contributed by atoms with Crippen LogP contribution >= 0.6 is 0 Å². The quantitative estimate of drug-likeness (QED) is 0.847. The first-order valence-corrected chi connectivity index (χ1v) is 7.61. The minimum Gasteiger partial charge on any atom is -0.493 e. The van der Waals surface area contributed by atoms with Gasteiger partial charge in [0.25, 0.3) is 0 Å². The van der Waals surface area contributed by atoms with Crippen molar-refractivity contribution < 1.29 is 9.47 Å². The average Bonchev–Trinajstić information content (AvgIpc) is 2.58. The highest BCUT2D eigenvalue weighted by Gasteiger charge is 2.33. The lowest BCUT2D eigenvalue weighted by Crippen LogP contribution is -2.48. The molecule has 0 saturated carbocycles. The Balaban J connectivity index is 1.92. The van der Waals surface area contributed by atoms with Crippen LogP contribution in [0.1, 0.15) is 6.92 Å². The first kappa shape index (κ1) is 14.7. The third-order valence-electron chi connectivity index (χ3n) is 4.04. The molecule has 116 valence electrons. The van der Waals surface area contributed by atoms with Gasteiger partial charge in [-0.3, -0.25) is 0 Å². The number of hydrogen-bond donors (Lipinski definition) is 1. The second-order valence-electron chi connectivity index (χ2n) is 5.43. The number of rotatable bonds is 5. The lowest BCUT2D eigenvalue weighted by molar-refractivity contribution is 0.0980. The van der Waals surface area contributed by atoms with Gasteiger partial charge in [0.15, 0.2) is 0 Å². The molecule has 2 unspecified atom stereocenters. The Morgan fingerprint density at radius 1 is 1.18 bits per heavy atom. The van der Waals surface area contributed by atoms with E-state index in [1.807, 2.05) is 18.3 Å². The summed E-state index contributed by atoms with van der Waals surface area (Å²) in [6.45, 7) is 3.34. The van der Waals surface area contributed by atoms with Gasteiger partial charge in [-0.25, -0.2) is 0 Å². The van der Waals surface area contributed by atoms with Gasteiger partial charge >= 0.3 is 0 Å². The molecular formula is C18H22N2O2. The molecule has 0 bridgehead atoms. The van der Waals surface area contributed by atoms with Crippen LogP contribution in [0.3, 0.4) is 0 Å². The van der Waals surface area contributed by atoms with Gasteiger partial charge in [0.1, 0.15) is 18.5 Å². The van der Waals surface area contributed by atoms with Crippen LogP contribution < -0.4 is 10.2 Å². The Morgan fingerprint density at radius 2 is 2.00 bits per heavy atom. The number of nitrogens with zero attached hydrogens (tertiary/aromatic N) is 1. The number of nitrogens with one attached hydrogen (secondary N) is 1. The normalized spacial score (nSPS) is 23.3. The van der Waals surface area contributed by atoms with Crippen LogP contribution in [0.15, 0.2) is 66.2 Å². The molecule has 4 heteroatoms. The van der Waals surface area contributed by atoms with E-state index in [-0.39, 0.29) is 12.1 Å². The lowest BCUT2D eigenvalue weighted by atomic mass is 9.90. The Labute approximate surface area is 131 Å². The van der Waals surface area contributed by atoms with Gasteiger partial charge in [0, 0.05) is 24.9 Å². The van der Waals surface area contributed by atoms with E-state index in [2.05, 4.69) is 53.7 Å². The monoisotopic (exact) mass is 298 g/mol. The molecule has 4 nitrogen and oxygen atoms in total. The standard InChI is InChI=1S/C18H22N2O2/c1-14-16-9-6-10-19-18(16)20(15-7-4-3-5-8-15)13-17(14)22-12-11-21-2/h3-10,13-14,18-19H,11-12H2,1-2H3. The molecule has 2 aliphatic heterocycles. The number of para-hydroxylation sites is 1. The van der Waals surface area contributed by atoms with E-state index in [1.54, 1.807) is 7.11 Å². The molecule has 2 heterocycles. The van der Waals surface area contributed by atoms with Crippen LogP contribution in [-0.4, -0.2) is 26.5 Å². The predicted octanol–water partition coefficient (Wildman–Crippen LogP) is 3.02. The van der Waals surface area contributed by atoms with E-state index in [4.69, 9.17) is 9.47 Å². The summed E-state index contributed by atoms with van der Waals surface area (Å²) in [5.74, 6) is 1.22. The van der Waals surface area contributed by atoms with Gasteiger partial charge < -0.3 is 19.7 Å². The smallest absolute Gasteiger partial charge is 0.126 e. The molecular weight excluding hydrogens is 276 g/mol. The summed E-state index contributed by atoms with van der Waals surface area (Å²) in [5.41, 5.74) is 2.45. The van der Waals surface area contributed by atoms with Gasteiger partial charge in [-0.2, -0.15) is 0 Å². The average molecular weight is 298 g/mol. The predicted molar refractivity (Wildman–Crippen MR) is 88.1 cm³/mol. The van der Waals surface area contributed by atoms with Crippen molar-refractivity contribution in [3.8, 4) is 0 Å². The van der Waals surface area contributed by atoms with Gasteiger partial charge in [-0.05, 0) is 30.0 Å². The maximum Gasteiger partial charge on any atom is 0.126 e. The lowest BCUT2D eigenvalue weighted by Gasteiger charge is -2.41. The van der Waals surface area contributed by atoms with E-state index in [9.17, 15) is 0 Å².